The van der Waals surface area contributed by atoms with Gasteiger partial charge in [-0.25, -0.2) is 19.6 Å². The van der Waals surface area contributed by atoms with E-state index in [2.05, 4.69) is 20.5 Å². The topological polar surface area (TPSA) is 102 Å². The van der Waals surface area contributed by atoms with Crippen LogP contribution in [0.4, 0.5) is 16.2 Å². The molecule has 0 amide bonds. The zero-order chi connectivity index (χ0) is 23.8. The van der Waals surface area contributed by atoms with E-state index in [0.29, 0.717) is 50.0 Å². The molecule has 1 aromatic carbocycles. The van der Waals surface area contributed by atoms with Crippen LogP contribution in [0.1, 0.15) is 35.9 Å². The number of morpholine rings is 1. The molecule has 178 valence electrons. The molecule has 0 radical (unpaired) electrons. The van der Waals surface area contributed by atoms with Crippen molar-refractivity contribution >= 4 is 24.0 Å². The van der Waals surface area contributed by atoms with Gasteiger partial charge in [0.15, 0.2) is 11.6 Å². The molecular weight excluding hydrogens is 441 g/mol. The summed E-state index contributed by atoms with van der Waals surface area (Å²) >= 11 is 0. The van der Waals surface area contributed by atoms with Crippen LogP contribution in [0, 0.1) is 5.82 Å². The summed E-state index contributed by atoms with van der Waals surface area (Å²) < 4.78 is 30.4. The van der Waals surface area contributed by atoms with Gasteiger partial charge < -0.3 is 18.8 Å². The average molecular weight is 468 g/mol. The van der Waals surface area contributed by atoms with Crippen LogP contribution in [0.25, 0.3) is 11.3 Å². The summed E-state index contributed by atoms with van der Waals surface area (Å²) in [6, 6.07) is 10.6. The number of furan rings is 1. The first kappa shape index (κ1) is 23.4. The minimum atomic E-state index is -0.493. The normalized spacial score (nSPS) is 13.9. The summed E-state index contributed by atoms with van der Waals surface area (Å²) in [5.41, 5.74) is 4.01. The monoisotopic (exact) mass is 467 g/mol. The summed E-state index contributed by atoms with van der Waals surface area (Å²) in [5, 5.41) is 4.09. The Bertz CT molecular complexity index is 1130. The number of nitrogens with zero attached hydrogens (tertiary/aromatic N) is 4. The largest absolute Gasteiger partial charge is 0.462 e. The van der Waals surface area contributed by atoms with Gasteiger partial charge in [0.05, 0.1) is 37.8 Å². The lowest BCUT2D eigenvalue weighted by molar-refractivity contribution is 0.0499. The first-order valence-electron chi connectivity index (χ1n) is 11.2. The van der Waals surface area contributed by atoms with Crippen LogP contribution in [-0.2, 0) is 9.47 Å². The van der Waals surface area contributed by atoms with Crippen molar-refractivity contribution < 1.29 is 23.1 Å². The van der Waals surface area contributed by atoms with Crippen LogP contribution in [0.15, 0.2) is 52.1 Å². The molecule has 1 aliphatic heterocycles. The Morgan fingerprint density at radius 3 is 2.79 bits per heavy atom. The lowest BCUT2D eigenvalue weighted by Crippen LogP contribution is -2.37. The Kier molecular flexibility index (Phi) is 7.82. The van der Waals surface area contributed by atoms with Crippen LogP contribution in [0.2, 0.25) is 0 Å². The maximum Gasteiger partial charge on any atom is 0.338 e. The summed E-state index contributed by atoms with van der Waals surface area (Å²) in [5.74, 6) is 0.688. The van der Waals surface area contributed by atoms with Crippen molar-refractivity contribution in [3.05, 3.63) is 59.7 Å². The first-order valence-corrected chi connectivity index (χ1v) is 11.2. The molecule has 34 heavy (non-hydrogen) atoms. The number of anilines is 2. The van der Waals surface area contributed by atoms with Crippen LogP contribution in [-0.4, -0.2) is 55.1 Å². The number of ether oxygens (including phenoxy) is 2. The van der Waals surface area contributed by atoms with Gasteiger partial charge >= 0.3 is 5.97 Å². The minimum absolute atomic E-state index is 0.173. The van der Waals surface area contributed by atoms with Crippen LogP contribution < -0.4 is 10.3 Å². The summed E-state index contributed by atoms with van der Waals surface area (Å²) in [4.78, 5) is 22.0. The lowest BCUT2D eigenvalue weighted by Gasteiger charge is -2.27. The maximum atomic E-state index is 14.1. The number of unbranched alkanes of at least 4 members (excludes halogenated alkanes) is 1. The lowest BCUT2D eigenvalue weighted by atomic mass is 10.1. The van der Waals surface area contributed by atoms with Crippen molar-refractivity contribution in [2.75, 3.05) is 43.2 Å². The summed E-state index contributed by atoms with van der Waals surface area (Å²) in [6.45, 7) is 4.64. The van der Waals surface area contributed by atoms with E-state index in [1.165, 1.54) is 6.21 Å². The van der Waals surface area contributed by atoms with E-state index >= 15 is 0 Å². The van der Waals surface area contributed by atoms with Gasteiger partial charge in [-0.1, -0.05) is 25.5 Å². The van der Waals surface area contributed by atoms with E-state index < -0.39 is 5.82 Å². The number of hydrogen-bond donors (Lipinski definition) is 1. The molecule has 0 unspecified atom stereocenters. The van der Waals surface area contributed by atoms with Crippen molar-refractivity contribution in [3.63, 3.8) is 0 Å². The molecule has 0 saturated carbocycles. The highest BCUT2D eigenvalue weighted by Gasteiger charge is 2.17. The van der Waals surface area contributed by atoms with Gasteiger partial charge in [-0.2, -0.15) is 10.1 Å². The fourth-order valence-corrected chi connectivity index (χ4v) is 3.30. The van der Waals surface area contributed by atoms with Crippen molar-refractivity contribution in [3.8, 4) is 11.3 Å². The van der Waals surface area contributed by atoms with E-state index in [9.17, 15) is 9.18 Å². The zero-order valence-corrected chi connectivity index (χ0v) is 18.9. The quantitative estimate of drug-likeness (QED) is 0.217. The number of hydrazone groups is 1. The number of halogens is 1. The van der Waals surface area contributed by atoms with Gasteiger partial charge in [0.1, 0.15) is 11.5 Å². The second-order valence-corrected chi connectivity index (χ2v) is 7.60. The molecule has 10 heteroatoms. The third-order valence-electron chi connectivity index (χ3n) is 5.16. The van der Waals surface area contributed by atoms with Gasteiger partial charge in [0.25, 0.3) is 0 Å². The van der Waals surface area contributed by atoms with Crippen LogP contribution >= 0.6 is 0 Å². The standard InChI is InChI=1S/C24H26FN5O4/c1-2-3-12-33-23(31)18-6-4-17(5-7-18)21-9-8-19(34-21)15-27-29-24-26-16-20(25)22(28-24)30-10-13-32-14-11-30/h4-9,15-16H,2-3,10-14H2,1H3,(H,26,28,29)/b27-15+. The first-order chi connectivity index (χ1) is 16.6. The number of carbonyl (C=O) groups is 1. The number of nitrogens with one attached hydrogen (secondary N) is 1. The van der Waals surface area contributed by atoms with Crippen molar-refractivity contribution in [1.82, 2.24) is 9.97 Å². The molecule has 3 aromatic rings. The molecule has 9 nitrogen and oxygen atoms in total. The zero-order valence-electron chi connectivity index (χ0n) is 18.9. The number of esters is 1. The smallest absolute Gasteiger partial charge is 0.338 e. The molecule has 1 N–H and O–H groups in total. The molecule has 0 atom stereocenters. The number of rotatable bonds is 9. The second-order valence-electron chi connectivity index (χ2n) is 7.60. The highest BCUT2D eigenvalue weighted by molar-refractivity contribution is 5.90. The van der Waals surface area contributed by atoms with Crippen LogP contribution in [0.3, 0.4) is 0 Å². The van der Waals surface area contributed by atoms with Crippen molar-refractivity contribution in [2.24, 2.45) is 5.10 Å². The predicted octanol–water partition coefficient (Wildman–Crippen LogP) is 4.12. The van der Waals surface area contributed by atoms with E-state index in [1.807, 2.05) is 11.8 Å². The van der Waals surface area contributed by atoms with E-state index in [0.717, 1.165) is 24.6 Å². The fraction of sp³-hybridized carbons (Fsp3) is 0.333. The molecule has 2 aromatic heterocycles. The Labute approximate surface area is 196 Å². The van der Waals surface area contributed by atoms with E-state index in [1.54, 1.807) is 36.4 Å². The summed E-state index contributed by atoms with van der Waals surface area (Å²) in [7, 11) is 0. The SMILES string of the molecule is CCCCOC(=O)c1ccc(-c2ccc(/C=N/Nc3ncc(F)c(N4CCOCC4)n3)o2)cc1. The molecule has 1 fully saturated rings. The molecular formula is C24H26FN5O4. The Hall–Kier alpha value is -3.79. The highest BCUT2D eigenvalue weighted by atomic mass is 19.1. The Balaban J connectivity index is 1.36. The van der Waals surface area contributed by atoms with Gasteiger partial charge in [-0.05, 0) is 30.7 Å². The molecule has 0 spiro atoms. The number of aromatic nitrogens is 2. The van der Waals surface area contributed by atoms with E-state index in [4.69, 9.17) is 13.9 Å². The molecule has 1 saturated heterocycles. The number of benzene rings is 1. The molecule has 3 heterocycles. The van der Waals surface area contributed by atoms with Crippen molar-refractivity contribution in [2.45, 2.75) is 19.8 Å². The van der Waals surface area contributed by atoms with Crippen molar-refractivity contribution in [1.29, 1.82) is 0 Å². The fourth-order valence-electron chi connectivity index (χ4n) is 3.30. The van der Waals surface area contributed by atoms with E-state index in [-0.39, 0.29) is 17.7 Å². The Morgan fingerprint density at radius 1 is 1.24 bits per heavy atom. The minimum Gasteiger partial charge on any atom is -0.462 e. The number of hydrogen-bond acceptors (Lipinski definition) is 9. The van der Waals surface area contributed by atoms with Crippen LogP contribution in [0.5, 0.6) is 0 Å². The average Bonchev–Trinajstić information content (AvgIpc) is 3.35. The summed E-state index contributed by atoms with van der Waals surface area (Å²) in [6.07, 6.45) is 4.41. The molecule has 1 aliphatic rings. The highest BCUT2D eigenvalue weighted by Crippen LogP contribution is 2.23. The predicted molar refractivity (Wildman–Crippen MR) is 126 cm³/mol. The maximum absolute atomic E-state index is 14.1. The van der Waals surface area contributed by atoms with Gasteiger partial charge in [-0.15, -0.1) is 0 Å². The third kappa shape index (κ3) is 5.96. The van der Waals surface area contributed by atoms with Gasteiger partial charge in [0, 0.05) is 18.7 Å². The molecule has 0 aliphatic carbocycles. The molecule has 0 bridgehead atoms. The van der Waals surface area contributed by atoms with Gasteiger partial charge in [-0.3, -0.25) is 0 Å². The number of carbonyl (C=O) groups excluding carboxylic acids is 1. The second kappa shape index (κ2) is 11.4. The third-order valence-corrected chi connectivity index (χ3v) is 5.16. The van der Waals surface area contributed by atoms with Gasteiger partial charge in [0.2, 0.25) is 5.95 Å². The molecule has 4 rings (SSSR count). The Morgan fingerprint density at radius 2 is 2.03 bits per heavy atom.